The van der Waals surface area contributed by atoms with E-state index in [0.29, 0.717) is 24.5 Å². The summed E-state index contributed by atoms with van der Waals surface area (Å²) >= 11 is 0. The molecule has 1 N–H and O–H groups in total. The van der Waals surface area contributed by atoms with Gasteiger partial charge in [0.25, 0.3) is 0 Å². The molecule has 2 unspecified atom stereocenters. The number of nitrogens with one attached hydrogen (secondary N) is 1. The van der Waals surface area contributed by atoms with Gasteiger partial charge in [-0.3, -0.25) is 4.90 Å². The van der Waals surface area contributed by atoms with Gasteiger partial charge in [-0.15, -0.1) is 0 Å². The van der Waals surface area contributed by atoms with E-state index < -0.39 is 12.6 Å². The van der Waals surface area contributed by atoms with Crippen LogP contribution in [0.2, 0.25) is 0 Å². The molecule has 124 valence electrons. The van der Waals surface area contributed by atoms with Crippen molar-refractivity contribution in [2.75, 3.05) is 13.1 Å². The van der Waals surface area contributed by atoms with Crippen LogP contribution in [-0.2, 0) is 0 Å². The van der Waals surface area contributed by atoms with Crippen LogP contribution in [0.3, 0.4) is 0 Å². The van der Waals surface area contributed by atoms with Crippen molar-refractivity contribution < 1.29 is 13.2 Å². The predicted molar refractivity (Wildman–Crippen MR) is 79.4 cm³/mol. The monoisotopic (exact) mass is 306 g/mol. The molecule has 2 atom stereocenters. The molecule has 0 aromatic rings. The molecule has 2 aliphatic heterocycles. The molecule has 2 rings (SSSR count). The van der Waals surface area contributed by atoms with Gasteiger partial charge in [0, 0.05) is 24.5 Å². The maximum Gasteiger partial charge on any atom is 0.389 e. The normalized spacial score (nSPS) is 30.6. The number of nitrogens with zero attached hydrogens (tertiary/aromatic N) is 1. The summed E-state index contributed by atoms with van der Waals surface area (Å²) in [6.45, 7) is 4.12. The molecular formula is C16H29F3N2. The van der Waals surface area contributed by atoms with Crippen molar-refractivity contribution in [1.29, 1.82) is 0 Å². The second-order valence-corrected chi connectivity index (χ2v) is 6.67. The summed E-state index contributed by atoms with van der Waals surface area (Å²) in [6, 6.07) is 1.81. The van der Waals surface area contributed by atoms with E-state index in [-0.39, 0.29) is 6.42 Å². The Morgan fingerprint density at radius 1 is 1.10 bits per heavy atom. The quantitative estimate of drug-likeness (QED) is 0.712. The maximum absolute atomic E-state index is 12.2. The van der Waals surface area contributed by atoms with E-state index in [1.807, 2.05) is 0 Å². The zero-order valence-electron chi connectivity index (χ0n) is 13.1. The molecule has 5 heteroatoms. The molecule has 2 heterocycles. The van der Waals surface area contributed by atoms with E-state index in [1.165, 1.54) is 32.1 Å². The standard InChI is InChI=1S/C16H29F3N2/c1-2-9-20-13-11-14-6-5-7-15(12-13)21(14)10-4-3-8-16(17,18)19/h13-15,20H,2-12H2,1H3. The van der Waals surface area contributed by atoms with Gasteiger partial charge in [0.1, 0.15) is 0 Å². The van der Waals surface area contributed by atoms with E-state index >= 15 is 0 Å². The lowest BCUT2D eigenvalue weighted by Gasteiger charge is -2.49. The van der Waals surface area contributed by atoms with Crippen molar-refractivity contribution in [2.24, 2.45) is 0 Å². The van der Waals surface area contributed by atoms with E-state index in [9.17, 15) is 13.2 Å². The lowest BCUT2D eigenvalue weighted by atomic mass is 9.81. The van der Waals surface area contributed by atoms with E-state index in [2.05, 4.69) is 17.1 Å². The Morgan fingerprint density at radius 2 is 1.76 bits per heavy atom. The second kappa shape index (κ2) is 7.82. The summed E-state index contributed by atoms with van der Waals surface area (Å²) in [6.07, 6.45) is 3.58. The molecule has 2 fully saturated rings. The van der Waals surface area contributed by atoms with Gasteiger partial charge in [-0.1, -0.05) is 13.3 Å². The van der Waals surface area contributed by atoms with Crippen LogP contribution < -0.4 is 5.32 Å². The molecule has 2 aliphatic rings. The highest BCUT2D eigenvalue weighted by Gasteiger charge is 2.37. The van der Waals surface area contributed by atoms with Gasteiger partial charge in [-0.2, -0.15) is 13.2 Å². The third kappa shape index (κ3) is 5.44. The molecule has 0 saturated carbocycles. The number of unbranched alkanes of at least 4 members (excludes halogenated alkanes) is 1. The smallest absolute Gasteiger partial charge is 0.314 e. The van der Waals surface area contributed by atoms with Crippen LogP contribution in [0.5, 0.6) is 0 Å². The summed E-state index contributed by atoms with van der Waals surface area (Å²) in [5, 5.41) is 3.63. The molecule has 2 nitrogen and oxygen atoms in total. The van der Waals surface area contributed by atoms with Gasteiger partial charge >= 0.3 is 6.18 Å². The molecule has 0 aromatic carbocycles. The van der Waals surface area contributed by atoms with Crippen molar-refractivity contribution in [2.45, 2.75) is 89.0 Å². The van der Waals surface area contributed by atoms with Crippen LogP contribution in [0.15, 0.2) is 0 Å². The number of hydrogen-bond donors (Lipinski definition) is 1. The summed E-state index contributed by atoms with van der Waals surface area (Å²) in [7, 11) is 0. The highest BCUT2D eigenvalue weighted by atomic mass is 19.4. The summed E-state index contributed by atoms with van der Waals surface area (Å²) in [4.78, 5) is 2.52. The Hall–Kier alpha value is -0.290. The van der Waals surface area contributed by atoms with Crippen LogP contribution in [-0.4, -0.2) is 42.3 Å². The third-order valence-electron chi connectivity index (χ3n) is 4.94. The minimum atomic E-state index is -3.99. The number of halogens is 3. The van der Waals surface area contributed by atoms with Crippen molar-refractivity contribution in [3.05, 3.63) is 0 Å². The molecule has 2 saturated heterocycles. The lowest BCUT2D eigenvalue weighted by molar-refractivity contribution is -0.136. The lowest BCUT2D eigenvalue weighted by Crippen LogP contribution is -2.56. The Kier molecular flexibility index (Phi) is 6.35. The SMILES string of the molecule is CCCNC1CC2CCCC(C1)N2CCCCC(F)(F)F. The summed E-state index contributed by atoms with van der Waals surface area (Å²) in [5.41, 5.74) is 0. The van der Waals surface area contributed by atoms with Crippen LogP contribution in [0.1, 0.15) is 64.7 Å². The molecule has 0 amide bonds. The Balaban J connectivity index is 1.76. The number of piperidine rings is 2. The molecular weight excluding hydrogens is 277 g/mol. The van der Waals surface area contributed by atoms with Crippen LogP contribution in [0.4, 0.5) is 13.2 Å². The van der Waals surface area contributed by atoms with Gasteiger partial charge < -0.3 is 5.32 Å². The van der Waals surface area contributed by atoms with Gasteiger partial charge in [0.2, 0.25) is 0 Å². The van der Waals surface area contributed by atoms with Crippen LogP contribution >= 0.6 is 0 Å². The van der Waals surface area contributed by atoms with Gasteiger partial charge in [0.05, 0.1) is 0 Å². The average Bonchev–Trinajstić information content (AvgIpc) is 2.40. The fourth-order valence-corrected chi connectivity index (χ4v) is 3.98. The molecule has 0 spiro atoms. The first-order chi connectivity index (χ1) is 9.99. The predicted octanol–water partition coefficient (Wildman–Crippen LogP) is 4.10. The van der Waals surface area contributed by atoms with E-state index in [1.54, 1.807) is 0 Å². The number of rotatable bonds is 7. The van der Waals surface area contributed by atoms with Crippen molar-refractivity contribution in [3.63, 3.8) is 0 Å². The fourth-order valence-electron chi connectivity index (χ4n) is 3.98. The molecule has 2 bridgehead atoms. The number of alkyl halides is 3. The zero-order chi connectivity index (χ0) is 15.3. The minimum Gasteiger partial charge on any atom is -0.314 e. The Labute approximate surface area is 126 Å². The molecule has 0 aliphatic carbocycles. The van der Waals surface area contributed by atoms with Crippen molar-refractivity contribution in [1.82, 2.24) is 10.2 Å². The third-order valence-corrected chi connectivity index (χ3v) is 4.94. The van der Waals surface area contributed by atoms with Crippen molar-refractivity contribution in [3.8, 4) is 0 Å². The van der Waals surface area contributed by atoms with Crippen molar-refractivity contribution >= 4 is 0 Å². The topological polar surface area (TPSA) is 15.3 Å². The second-order valence-electron chi connectivity index (χ2n) is 6.67. The zero-order valence-corrected chi connectivity index (χ0v) is 13.1. The average molecular weight is 306 g/mol. The van der Waals surface area contributed by atoms with E-state index in [4.69, 9.17) is 0 Å². The van der Waals surface area contributed by atoms with Gasteiger partial charge in [-0.05, 0) is 58.0 Å². The largest absolute Gasteiger partial charge is 0.389 e. The molecule has 0 aromatic heterocycles. The first-order valence-electron chi connectivity index (χ1n) is 8.55. The van der Waals surface area contributed by atoms with E-state index in [0.717, 1.165) is 19.5 Å². The highest BCUT2D eigenvalue weighted by Crippen LogP contribution is 2.34. The minimum absolute atomic E-state index is 0.275. The number of hydrogen-bond acceptors (Lipinski definition) is 2. The molecule has 0 radical (unpaired) electrons. The first-order valence-corrected chi connectivity index (χ1v) is 8.55. The summed E-state index contributed by atoms with van der Waals surface area (Å²) < 4.78 is 36.6. The Morgan fingerprint density at radius 3 is 2.33 bits per heavy atom. The number of fused-ring (bicyclic) bond motifs is 2. The maximum atomic E-state index is 12.2. The van der Waals surface area contributed by atoms with Gasteiger partial charge in [0.15, 0.2) is 0 Å². The van der Waals surface area contributed by atoms with Crippen LogP contribution in [0, 0.1) is 0 Å². The molecule has 21 heavy (non-hydrogen) atoms. The van der Waals surface area contributed by atoms with Gasteiger partial charge in [-0.25, -0.2) is 0 Å². The fraction of sp³-hybridized carbons (Fsp3) is 1.00. The van der Waals surface area contributed by atoms with Crippen LogP contribution in [0.25, 0.3) is 0 Å². The Bertz CT molecular complexity index is 292. The highest BCUT2D eigenvalue weighted by molar-refractivity contribution is 4.94. The first kappa shape index (κ1) is 17.1. The summed E-state index contributed by atoms with van der Waals surface area (Å²) in [5.74, 6) is 0.